The zero-order valence-electron chi connectivity index (χ0n) is 14.2. The Morgan fingerprint density at radius 3 is 2.52 bits per heavy atom. The number of carbonyl (C=O) groups excluding carboxylic acids is 2. The molecule has 0 aliphatic heterocycles. The van der Waals surface area contributed by atoms with E-state index in [2.05, 4.69) is 20.6 Å². The first kappa shape index (κ1) is 17.8. The lowest BCUT2D eigenvalue weighted by Crippen LogP contribution is -2.23. The average molecular weight is 357 g/mol. The Hall–Kier alpha value is -4.05. The Balaban J connectivity index is 1.68. The van der Waals surface area contributed by atoms with Gasteiger partial charge in [-0.2, -0.15) is 5.26 Å². The Morgan fingerprint density at radius 2 is 1.78 bits per heavy atom. The Bertz CT molecular complexity index is 1010. The minimum absolute atomic E-state index is 0.242. The normalized spacial score (nSPS) is 9.89. The summed E-state index contributed by atoms with van der Waals surface area (Å²) in [5.74, 6) is -0.757. The van der Waals surface area contributed by atoms with Crippen molar-refractivity contribution in [3.8, 4) is 6.07 Å². The van der Waals surface area contributed by atoms with Gasteiger partial charge in [-0.05, 0) is 35.9 Å². The summed E-state index contributed by atoms with van der Waals surface area (Å²) in [7, 11) is 0. The van der Waals surface area contributed by atoms with Crippen molar-refractivity contribution in [1.29, 1.82) is 5.26 Å². The lowest BCUT2D eigenvalue weighted by molar-refractivity contribution is 0.0950. The summed E-state index contributed by atoms with van der Waals surface area (Å²) in [6.07, 6.45) is 6.09. The van der Waals surface area contributed by atoms with Crippen molar-refractivity contribution in [2.45, 2.75) is 6.54 Å². The lowest BCUT2D eigenvalue weighted by Gasteiger charge is -2.08. The van der Waals surface area contributed by atoms with Crippen molar-refractivity contribution in [3.05, 3.63) is 89.5 Å². The third-order valence-electron chi connectivity index (χ3n) is 3.69. The highest BCUT2D eigenvalue weighted by Crippen LogP contribution is 2.12. The van der Waals surface area contributed by atoms with Crippen molar-refractivity contribution in [2.75, 3.05) is 5.32 Å². The zero-order valence-corrected chi connectivity index (χ0v) is 14.2. The fraction of sp³-hybridized carbons (Fsp3) is 0.0500. The Labute approximate surface area is 155 Å². The molecule has 0 unspecified atom stereocenters. The number of pyridine rings is 2. The fourth-order valence-corrected chi connectivity index (χ4v) is 2.35. The van der Waals surface area contributed by atoms with E-state index in [1.165, 1.54) is 18.5 Å². The molecule has 7 nitrogen and oxygen atoms in total. The van der Waals surface area contributed by atoms with Gasteiger partial charge in [-0.25, -0.2) is 0 Å². The lowest BCUT2D eigenvalue weighted by atomic mass is 10.1. The first-order chi connectivity index (χ1) is 13.2. The number of rotatable bonds is 5. The number of hydrogen-bond donors (Lipinski definition) is 2. The smallest absolute Gasteiger partial charge is 0.257 e. The van der Waals surface area contributed by atoms with E-state index in [9.17, 15) is 9.59 Å². The van der Waals surface area contributed by atoms with Crippen LogP contribution in [0.5, 0.6) is 0 Å². The van der Waals surface area contributed by atoms with Crippen molar-refractivity contribution < 1.29 is 9.59 Å². The zero-order chi connectivity index (χ0) is 19.1. The number of amides is 2. The fourth-order valence-electron chi connectivity index (χ4n) is 2.35. The van der Waals surface area contributed by atoms with E-state index in [0.29, 0.717) is 17.8 Å². The quantitative estimate of drug-likeness (QED) is 0.729. The number of nitrogens with zero attached hydrogens (tertiary/aromatic N) is 3. The largest absolute Gasteiger partial charge is 0.348 e. The Morgan fingerprint density at radius 1 is 0.963 bits per heavy atom. The van der Waals surface area contributed by atoms with E-state index in [1.807, 2.05) is 12.1 Å². The van der Waals surface area contributed by atoms with Crippen LogP contribution in [-0.4, -0.2) is 21.8 Å². The van der Waals surface area contributed by atoms with E-state index in [1.54, 1.807) is 42.7 Å². The maximum Gasteiger partial charge on any atom is 0.257 e. The summed E-state index contributed by atoms with van der Waals surface area (Å²) in [5.41, 5.74) is 2.31. The number of carbonyl (C=O) groups is 2. The molecular formula is C20H15N5O2. The van der Waals surface area contributed by atoms with Gasteiger partial charge in [-0.15, -0.1) is 0 Å². The highest BCUT2D eigenvalue weighted by Gasteiger charge is 2.12. The number of nitriles is 1. The van der Waals surface area contributed by atoms with E-state index >= 15 is 0 Å². The van der Waals surface area contributed by atoms with Crippen LogP contribution in [0.1, 0.15) is 31.8 Å². The predicted octanol–water partition coefficient (Wildman–Crippen LogP) is 2.53. The molecule has 3 aromatic rings. The maximum atomic E-state index is 12.4. The SMILES string of the molecule is N#Cc1cccc(NC(=O)c2cncc(C(=O)NCc3cccnc3)c2)c1. The van der Waals surface area contributed by atoms with E-state index in [0.717, 1.165) is 5.56 Å². The predicted molar refractivity (Wildman–Crippen MR) is 98.8 cm³/mol. The van der Waals surface area contributed by atoms with Crippen molar-refractivity contribution >= 4 is 17.5 Å². The van der Waals surface area contributed by atoms with Gasteiger partial charge in [0.15, 0.2) is 0 Å². The molecule has 0 bridgehead atoms. The number of anilines is 1. The van der Waals surface area contributed by atoms with Crippen LogP contribution < -0.4 is 10.6 Å². The Kier molecular flexibility index (Phi) is 5.50. The molecule has 0 radical (unpaired) electrons. The molecule has 2 amide bonds. The highest BCUT2D eigenvalue weighted by atomic mass is 16.2. The van der Waals surface area contributed by atoms with Crippen LogP contribution in [0.15, 0.2) is 67.3 Å². The minimum atomic E-state index is -0.417. The van der Waals surface area contributed by atoms with Gasteiger partial charge in [-0.3, -0.25) is 19.6 Å². The van der Waals surface area contributed by atoms with E-state index in [-0.39, 0.29) is 17.0 Å². The highest BCUT2D eigenvalue weighted by molar-refractivity contribution is 6.05. The van der Waals surface area contributed by atoms with Crippen LogP contribution in [0, 0.1) is 11.3 Å². The number of hydrogen-bond acceptors (Lipinski definition) is 5. The molecule has 1 aromatic carbocycles. The molecule has 0 saturated carbocycles. The molecule has 0 saturated heterocycles. The molecule has 27 heavy (non-hydrogen) atoms. The second-order valence-corrected chi connectivity index (χ2v) is 5.65. The van der Waals surface area contributed by atoms with Crippen LogP contribution >= 0.6 is 0 Å². The third kappa shape index (κ3) is 4.74. The van der Waals surface area contributed by atoms with Gasteiger partial charge in [0.2, 0.25) is 0 Å². The molecule has 0 spiro atoms. The standard InChI is InChI=1S/C20H15N5O2/c21-9-14-3-1-5-18(7-14)25-20(27)17-8-16(12-23-13-17)19(26)24-11-15-4-2-6-22-10-15/h1-8,10,12-13H,11H2,(H,24,26)(H,25,27). The van der Waals surface area contributed by atoms with Gasteiger partial charge in [-0.1, -0.05) is 12.1 Å². The van der Waals surface area contributed by atoms with Gasteiger partial charge < -0.3 is 10.6 Å². The van der Waals surface area contributed by atoms with Crippen molar-refractivity contribution in [1.82, 2.24) is 15.3 Å². The first-order valence-corrected chi connectivity index (χ1v) is 8.09. The van der Waals surface area contributed by atoms with Crippen molar-refractivity contribution in [2.24, 2.45) is 0 Å². The molecule has 3 rings (SSSR count). The van der Waals surface area contributed by atoms with E-state index in [4.69, 9.17) is 5.26 Å². The van der Waals surface area contributed by atoms with Crippen LogP contribution in [0.2, 0.25) is 0 Å². The minimum Gasteiger partial charge on any atom is -0.348 e. The van der Waals surface area contributed by atoms with Crippen LogP contribution in [0.4, 0.5) is 5.69 Å². The maximum absolute atomic E-state index is 12.4. The summed E-state index contributed by atoms with van der Waals surface area (Å²) >= 11 is 0. The molecule has 0 aliphatic carbocycles. The molecule has 2 N–H and O–H groups in total. The molecule has 0 atom stereocenters. The van der Waals surface area contributed by atoms with Gasteiger partial charge in [0.1, 0.15) is 0 Å². The van der Waals surface area contributed by atoms with E-state index < -0.39 is 5.91 Å². The third-order valence-corrected chi connectivity index (χ3v) is 3.69. The second kappa shape index (κ2) is 8.36. The number of nitrogens with one attached hydrogen (secondary N) is 2. The molecule has 2 heterocycles. The molecule has 132 valence electrons. The molecule has 0 fully saturated rings. The summed E-state index contributed by atoms with van der Waals surface area (Å²) in [6.45, 7) is 0.323. The van der Waals surface area contributed by atoms with Crippen LogP contribution in [0.25, 0.3) is 0 Å². The van der Waals surface area contributed by atoms with Gasteiger partial charge >= 0.3 is 0 Å². The second-order valence-electron chi connectivity index (χ2n) is 5.65. The summed E-state index contributed by atoms with van der Waals surface area (Å²) in [4.78, 5) is 32.6. The van der Waals surface area contributed by atoms with Crippen LogP contribution in [-0.2, 0) is 6.54 Å². The van der Waals surface area contributed by atoms with Gasteiger partial charge in [0.25, 0.3) is 11.8 Å². The molecule has 7 heteroatoms. The summed E-state index contributed by atoms with van der Waals surface area (Å²) in [6, 6.07) is 13.7. The molecular weight excluding hydrogens is 342 g/mol. The van der Waals surface area contributed by atoms with Gasteiger partial charge in [0.05, 0.1) is 22.8 Å². The monoisotopic (exact) mass is 357 g/mol. The summed E-state index contributed by atoms with van der Waals surface area (Å²) in [5, 5.41) is 14.4. The van der Waals surface area contributed by atoms with Crippen molar-refractivity contribution in [3.63, 3.8) is 0 Å². The van der Waals surface area contributed by atoms with Crippen LogP contribution in [0.3, 0.4) is 0 Å². The number of benzene rings is 1. The topological polar surface area (TPSA) is 108 Å². The summed E-state index contributed by atoms with van der Waals surface area (Å²) < 4.78 is 0. The molecule has 2 aromatic heterocycles. The average Bonchev–Trinajstić information content (AvgIpc) is 2.73. The number of aromatic nitrogens is 2. The molecule has 0 aliphatic rings. The first-order valence-electron chi connectivity index (χ1n) is 8.09. The van der Waals surface area contributed by atoms with Gasteiger partial charge in [0, 0.05) is 37.0 Å².